The van der Waals surface area contributed by atoms with Gasteiger partial charge in [-0.1, -0.05) is 11.6 Å². The largest absolute Gasteiger partial charge is 0.495 e. The zero-order valence-electron chi connectivity index (χ0n) is 10.9. The molecule has 1 aromatic rings. The summed E-state index contributed by atoms with van der Waals surface area (Å²) >= 11 is 0. The third-order valence-corrected chi connectivity index (χ3v) is 3.40. The first-order chi connectivity index (χ1) is 8.85. The molecule has 1 unspecified atom stereocenters. The molecule has 1 atom stereocenters. The molecular weight excluding hydrogens is 226 g/mol. The number of hydrogen-bond acceptors (Lipinski definition) is 4. The van der Waals surface area contributed by atoms with Crippen LogP contribution >= 0.6 is 0 Å². The summed E-state index contributed by atoms with van der Waals surface area (Å²) in [6, 6.07) is 3.81. The Kier molecular flexibility index (Phi) is 4.73. The summed E-state index contributed by atoms with van der Waals surface area (Å²) in [7, 11) is 1.66. The predicted molar refractivity (Wildman–Crippen MR) is 72.0 cm³/mol. The molecule has 2 rings (SSSR count). The summed E-state index contributed by atoms with van der Waals surface area (Å²) in [5.41, 5.74) is 5.21. The Bertz CT molecular complexity index is 417. The third kappa shape index (κ3) is 3.09. The van der Waals surface area contributed by atoms with E-state index >= 15 is 0 Å². The van der Waals surface area contributed by atoms with Gasteiger partial charge in [0.25, 0.3) is 0 Å². The van der Waals surface area contributed by atoms with Gasteiger partial charge in [-0.05, 0) is 44.2 Å². The minimum absolute atomic E-state index is 0.0190. The van der Waals surface area contributed by atoms with Crippen molar-refractivity contribution in [2.45, 2.75) is 38.1 Å². The molecule has 1 aliphatic carbocycles. The number of nitrogens with two attached hydrogens (primary N) is 1. The van der Waals surface area contributed by atoms with E-state index in [9.17, 15) is 0 Å². The first kappa shape index (κ1) is 13.1. The monoisotopic (exact) mass is 247 g/mol. The predicted octanol–water partition coefficient (Wildman–Crippen LogP) is 2.49. The second-order valence-electron chi connectivity index (χ2n) is 4.62. The Labute approximate surface area is 108 Å². The van der Waals surface area contributed by atoms with Gasteiger partial charge in [0.05, 0.1) is 13.2 Å². The van der Waals surface area contributed by atoms with Crippen molar-refractivity contribution >= 4 is 0 Å². The van der Waals surface area contributed by atoms with E-state index in [1.54, 1.807) is 13.3 Å². The normalized spacial score (nSPS) is 17.1. The number of hydrazine groups is 1. The van der Waals surface area contributed by atoms with Gasteiger partial charge in [0.1, 0.15) is 11.4 Å². The van der Waals surface area contributed by atoms with Crippen LogP contribution in [0.15, 0.2) is 30.0 Å². The van der Waals surface area contributed by atoms with Crippen LogP contribution in [0.25, 0.3) is 0 Å². The smallest absolute Gasteiger partial charge is 0.142 e. The molecule has 0 bridgehead atoms. The summed E-state index contributed by atoms with van der Waals surface area (Å²) in [5.74, 6) is 6.46. The lowest BCUT2D eigenvalue weighted by Crippen LogP contribution is -2.29. The Hall–Kier alpha value is -1.39. The van der Waals surface area contributed by atoms with Crippen molar-refractivity contribution in [1.82, 2.24) is 10.4 Å². The van der Waals surface area contributed by atoms with Crippen molar-refractivity contribution in [3.63, 3.8) is 0 Å². The average Bonchev–Trinajstić information content (AvgIpc) is 2.46. The zero-order valence-corrected chi connectivity index (χ0v) is 10.9. The van der Waals surface area contributed by atoms with Crippen molar-refractivity contribution < 1.29 is 4.74 Å². The van der Waals surface area contributed by atoms with Crippen LogP contribution in [0.4, 0.5) is 0 Å². The molecule has 4 heteroatoms. The van der Waals surface area contributed by atoms with Crippen LogP contribution in [-0.4, -0.2) is 12.1 Å². The van der Waals surface area contributed by atoms with Crippen LogP contribution in [0.3, 0.4) is 0 Å². The third-order valence-electron chi connectivity index (χ3n) is 3.40. The number of nitrogens with zero attached hydrogens (tertiary/aromatic N) is 1. The van der Waals surface area contributed by atoms with Crippen LogP contribution in [0, 0.1) is 0 Å². The van der Waals surface area contributed by atoms with Gasteiger partial charge in [-0.25, -0.2) is 0 Å². The first-order valence-corrected chi connectivity index (χ1v) is 6.48. The molecular formula is C14H21N3O. The lowest BCUT2D eigenvalue weighted by atomic mass is 9.93. The zero-order chi connectivity index (χ0) is 12.8. The minimum atomic E-state index is 0.0190. The molecule has 1 aliphatic rings. The number of ether oxygens (including phenoxy) is 1. The van der Waals surface area contributed by atoms with Crippen LogP contribution in [0.2, 0.25) is 0 Å². The van der Waals surface area contributed by atoms with Gasteiger partial charge in [-0.2, -0.15) is 0 Å². The van der Waals surface area contributed by atoms with Gasteiger partial charge >= 0.3 is 0 Å². The van der Waals surface area contributed by atoms with E-state index in [1.807, 2.05) is 12.1 Å². The van der Waals surface area contributed by atoms with Crippen LogP contribution in [0.1, 0.15) is 43.8 Å². The average molecular weight is 247 g/mol. The number of aromatic nitrogens is 1. The molecule has 0 amide bonds. The number of hydrogen-bond donors (Lipinski definition) is 2. The molecule has 0 aromatic carbocycles. The van der Waals surface area contributed by atoms with Crippen molar-refractivity contribution in [2.24, 2.45) is 5.84 Å². The van der Waals surface area contributed by atoms with E-state index in [1.165, 1.54) is 31.3 Å². The summed E-state index contributed by atoms with van der Waals surface area (Å²) in [6.07, 6.45) is 9.96. The fourth-order valence-electron chi connectivity index (χ4n) is 2.42. The summed E-state index contributed by atoms with van der Waals surface area (Å²) < 4.78 is 5.34. The van der Waals surface area contributed by atoms with Gasteiger partial charge < -0.3 is 4.74 Å². The fourth-order valence-corrected chi connectivity index (χ4v) is 2.42. The quantitative estimate of drug-likeness (QED) is 0.477. The molecule has 0 spiro atoms. The number of pyridine rings is 1. The Balaban J connectivity index is 2.14. The molecule has 3 N–H and O–H groups in total. The maximum atomic E-state index is 5.67. The Morgan fingerprint density at radius 2 is 2.39 bits per heavy atom. The molecule has 18 heavy (non-hydrogen) atoms. The molecule has 0 fully saturated rings. The standard InChI is InChI=1S/C14H21N3O/c1-18-13-8-5-9-16-14(13)12(17-15)10-11-6-3-2-4-7-11/h5-6,8-9,12,17H,2-4,7,10,15H2,1H3. The van der Waals surface area contributed by atoms with Crippen molar-refractivity contribution in [3.05, 3.63) is 35.7 Å². The van der Waals surface area contributed by atoms with Gasteiger partial charge in [-0.15, -0.1) is 0 Å². The van der Waals surface area contributed by atoms with E-state index in [4.69, 9.17) is 10.6 Å². The van der Waals surface area contributed by atoms with E-state index in [0.717, 1.165) is 17.9 Å². The van der Waals surface area contributed by atoms with E-state index in [2.05, 4.69) is 16.5 Å². The van der Waals surface area contributed by atoms with Gasteiger partial charge in [0.15, 0.2) is 0 Å². The summed E-state index contributed by atoms with van der Waals surface area (Å²) in [6.45, 7) is 0. The molecule has 0 aliphatic heterocycles. The molecule has 0 radical (unpaired) electrons. The maximum absolute atomic E-state index is 5.67. The maximum Gasteiger partial charge on any atom is 0.142 e. The van der Waals surface area contributed by atoms with Gasteiger partial charge in [0, 0.05) is 6.20 Å². The summed E-state index contributed by atoms with van der Waals surface area (Å²) in [5, 5.41) is 0. The van der Waals surface area contributed by atoms with Crippen molar-refractivity contribution in [2.75, 3.05) is 7.11 Å². The highest BCUT2D eigenvalue weighted by molar-refractivity contribution is 5.30. The van der Waals surface area contributed by atoms with Gasteiger partial charge in [-0.3, -0.25) is 16.3 Å². The SMILES string of the molecule is COc1cccnc1C(CC1=CCCCC1)NN. The topological polar surface area (TPSA) is 60.2 Å². The minimum Gasteiger partial charge on any atom is -0.495 e. The Morgan fingerprint density at radius 3 is 3.06 bits per heavy atom. The highest BCUT2D eigenvalue weighted by Gasteiger charge is 2.18. The number of nitrogens with one attached hydrogen (secondary N) is 1. The van der Waals surface area contributed by atoms with Crippen molar-refractivity contribution in [3.8, 4) is 5.75 Å². The second-order valence-corrected chi connectivity index (χ2v) is 4.62. The molecule has 98 valence electrons. The molecule has 1 heterocycles. The molecule has 0 saturated carbocycles. The Morgan fingerprint density at radius 1 is 1.50 bits per heavy atom. The van der Waals surface area contributed by atoms with Crippen molar-refractivity contribution in [1.29, 1.82) is 0 Å². The first-order valence-electron chi connectivity index (χ1n) is 6.48. The highest BCUT2D eigenvalue weighted by Crippen LogP contribution is 2.30. The lowest BCUT2D eigenvalue weighted by Gasteiger charge is -2.21. The number of allylic oxidation sites excluding steroid dienone is 1. The van der Waals surface area contributed by atoms with Gasteiger partial charge in [0.2, 0.25) is 0 Å². The highest BCUT2D eigenvalue weighted by atomic mass is 16.5. The fraction of sp³-hybridized carbons (Fsp3) is 0.500. The number of rotatable bonds is 5. The second kappa shape index (κ2) is 6.52. The van der Waals surface area contributed by atoms with Crippen LogP contribution in [-0.2, 0) is 0 Å². The molecule has 1 aromatic heterocycles. The molecule has 4 nitrogen and oxygen atoms in total. The van der Waals surface area contributed by atoms with Crippen LogP contribution < -0.4 is 16.0 Å². The summed E-state index contributed by atoms with van der Waals surface area (Å²) in [4.78, 5) is 4.39. The van der Waals surface area contributed by atoms with E-state index < -0.39 is 0 Å². The van der Waals surface area contributed by atoms with E-state index in [-0.39, 0.29) is 6.04 Å². The van der Waals surface area contributed by atoms with Crippen LogP contribution in [0.5, 0.6) is 5.75 Å². The van der Waals surface area contributed by atoms with E-state index in [0.29, 0.717) is 0 Å². The lowest BCUT2D eigenvalue weighted by molar-refractivity contribution is 0.393. The molecule has 0 saturated heterocycles. The number of methoxy groups -OCH3 is 1.